The molecule has 0 aromatic carbocycles. The van der Waals surface area contributed by atoms with Crippen molar-refractivity contribution in [2.75, 3.05) is 13.1 Å². The Morgan fingerprint density at radius 3 is 2.39 bits per heavy atom. The molecule has 0 radical (unpaired) electrons. The van der Waals surface area contributed by atoms with Crippen LogP contribution in [-0.2, 0) is 18.3 Å². The largest absolute Gasteiger partial charge is 0.297 e. The predicted octanol–water partition coefficient (Wildman–Crippen LogP) is 2.04. The minimum absolute atomic E-state index is 0.279. The number of Topliss-reactive ketones (excluding diaryl/α,β-unsaturated/α-hetero) is 1. The minimum Gasteiger partial charge on any atom is -0.297 e. The molecular formula is C14H25N3O. The molecule has 1 rings (SSSR count). The second-order valence-electron chi connectivity index (χ2n) is 4.92. The summed E-state index contributed by atoms with van der Waals surface area (Å²) in [5.41, 5.74) is 0.633. The van der Waals surface area contributed by atoms with Crippen LogP contribution in [0.1, 0.15) is 39.7 Å². The average molecular weight is 251 g/mol. The van der Waals surface area contributed by atoms with Crippen LogP contribution in [0, 0.1) is 0 Å². The fraction of sp³-hybridized carbons (Fsp3) is 0.714. The summed E-state index contributed by atoms with van der Waals surface area (Å²) < 4.78 is 1.74. The van der Waals surface area contributed by atoms with Gasteiger partial charge in [0.05, 0.1) is 11.7 Å². The van der Waals surface area contributed by atoms with Crippen LogP contribution in [0.25, 0.3) is 0 Å². The predicted molar refractivity (Wildman–Crippen MR) is 73.5 cm³/mol. The Kier molecular flexibility index (Phi) is 5.08. The van der Waals surface area contributed by atoms with E-state index in [0.29, 0.717) is 6.42 Å². The Labute approximate surface area is 110 Å². The van der Waals surface area contributed by atoms with Crippen molar-refractivity contribution < 1.29 is 4.79 Å². The number of rotatable bonds is 7. The van der Waals surface area contributed by atoms with Gasteiger partial charge in [0.15, 0.2) is 5.78 Å². The molecule has 0 aliphatic rings. The summed E-state index contributed by atoms with van der Waals surface area (Å²) in [6.07, 6.45) is 4.99. The van der Waals surface area contributed by atoms with Gasteiger partial charge in [0, 0.05) is 19.7 Å². The van der Waals surface area contributed by atoms with Crippen molar-refractivity contribution in [3.05, 3.63) is 18.0 Å². The van der Waals surface area contributed by atoms with Gasteiger partial charge in [0.1, 0.15) is 0 Å². The molecular weight excluding hydrogens is 226 g/mol. The first-order valence-corrected chi connectivity index (χ1v) is 6.73. The van der Waals surface area contributed by atoms with E-state index in [1.54, 1.807) is 10.9 Å². The molecule has 4 nitrogen and oxygen atoms in total. The molecule has 102 valence electrons. The lowest BCUT2D eigenvalue weighted by atomic mass is 9.87. The van der Waals surface area contributed by atoms with Crippen molar-refractivity contribution in [2.24, 2.45) is 7.05 Å². The van der Waals surface area contributed by atoms with E-state index in [1.807, 2.05) is 13.2 Å². The molecule has 0 spiro atoms. The molecule has 1 aromatic rings. The average Bonchev–Trinajstić information content (AvgIpc) is 2.75. The lowest BCUT2D eigenvalue weighted by Crippen LogP contribution is -2.52. The number of aromatic nitrogens is 2. The summed E-state index contributed by atoms with van der Waals surface area (Å²) in [6, 6.07) is 0. The van der Waals surface area contributed by atoms with Crippen LogP contribution in [0.2, 0.25) is 0 Å². The zero-order valence-corrected chi connectivity index (χ0v) is 12.2. The maximum absolute atomic E-state index is 12.6. The highest BCUT2D eigenvalue weighted by atomic mass is 16.1. The van der Waals surface area contributed by atoms with Crippen molar-refractivity contribution in [3.8, 4) is 0 Å². The molecule has 1 unspecified atom stereocenters. The lowest BCUT2D eigenvalue weighted by Gasteiger charge is -2.38. The van der Waals surface area contributed by atoms with Gasteiger partial charge in [-0.25, -0.2) is 0 Å². The van der Waals surface area contributed by atoms with Crippen LogP contribution in [-0.4, -0.2) is 39.1 Å². The van der Waals surface area contributed by atoms with Crippen molar-refractivity contribution in [1.29, 1.82) is 0 Å². The van der Waals surface area contributed by atoms with E-state index in [9.17, 15) is 4.79 Å². The molecule has 0 saturated heterocycles. The minimum atomic E-state index is -0.362. The third kappa shape index (κ3) is 2.99. The van der Waals surface area contributed by atoms with Crippen LogP contribution in [0.15, 0.2) is 12.4 Å². The smallest absolute Gasteiger partial charge is 0.157 e. The second kappa shape index (κ2) is 6.14. The SMILES string of the molecule is CCN(CC)C(C)(CC)C(=O)Cc1cnn(C)c1. The van der Waals surface area contributed by atoms with E-state index in [0.717, 1.165) is 25.1 Å². The molecule has 0 aliphatic carbocycles. The molecule has 0 bridgehead atoms. The second-order valence-corrected chi connectivity index (χ2v) is 4.92. The molecule has 0 N–H and O–H groups in total. The Bertz CT molecular complexity index is 395. The summed E-state index contributed by atoms with van der Waals surface area (Å²) >= 11 is 0. The number of carbonyl (C=O) groups is 1. The fourth-order valence-corrected chi connectivity index (χ4v) is 2.46. The van der Waals surface area contributed by atoms with E-state index in [2.05, 4.69) is 37.7 Å². The number of hydrogen-bond acceptors (Lipinski definition) is 3. The van der Waals surface area contributed by atoms with Crippen LogP contribution < -0.4 is 0 Å². The van der Waals surface area contributed by atoms with E-state index in [4.69, 9.17) is 0 Å². The first-order chi connectivity index (χ1) is 8.47. The molecule has 4 heteroatoms. The van der Waals surface area contributed by atoms with Crippen molar-refractivity contribution in [2.45, 2.75) is 46.1 Å². The summed E-state index contributed by atoms with van der Waals surface area (Å²) in [5.74, 6) is 0.279. The van der Waals surface area contributed by atoms with E-state index < -0.39 is 0 Å². The number of hydrogen-bond donors (Lipinski definition) is 0. The maximum Gasteiger partial charge on any atom is 0.157 e. The van der Waals surface area contributed by atoms with Crippen molar-refractivity contribution >= 4 is 5.78 Å². The van der Waals surface area contributed by atoms with Gasteiger partial charge >= 0.3 is 0 Å². The normalized spacial score (nSPS) is 14.8. The number of aryl methyl sites for hydroxylation is 1. The first-order valence-electron chi connectivity index (χ1n) is 6.73. The highest BCUT2D eigenvalue weighted by Crippen LogP contribution is 2.22. The standard InChI is InChI=1S/C14H25N3O/c1-6-14(4,17(7-2)8-3)13(18)9-12-10-15-16(5)11-12/h10-11H,6-9H2,1-5H3. The monoisotopic (exact) mass is 251 g/mol. The van der Waals surface area contributed by atoms with Crippen LogP contribution in [0.4, 0.5) is 0 Å². The number of ketones is 1. The third-order valence-corrected chi connectivity index (χ3v) is 3.87. The Morgan fingerprint density at radius 1 is 1.39 bits per heavy atom. The van der Waals surface area contributed by atoms with E-state index in [-0.39, 0.29) is 11.3 Å². The highest BCUT2D eigenvalue weighted by molar-refractivity contribution is 5.89. The van der Waals surface area contributed by atoms with Crippen molar-refractivity contribution in [1.82, 2.24) is 14.7 Å². The Morgan fingerprint density at radius 2 is 2.00 bits per heavy atom. The van der Waals surface area contributed by atoms with Crippen LogP contribution in [0.5, 0.6) is 0 Å². The maximum atomic E-state index is 12.6. The van der Waals surface area contributed by atoms with Crippen molar-refractivity contribution in [3.63, 3.8) is 0 Å². The molecule has 0 amide bonds. The van der Waals surface area contributed by atoms with E-state index in [1.165, 1.54) is 0 Å². The van der Waals surface area contributed by atoms with Gasteiger partial charge in [-0.1, -0.05) is 20.8 Å². The topological polar surface area (TPSA) is 38.1 Å². The van der Waals surface area contributed by atoms with Crippen LogP contribution >= 0.6 is 0 Å². The molecule has 0 saturated carbocycles. The number of likely N-dealkylation sites (N-methyl/N-ethyl adjacent to an activating group) is 1. The third-order valence-electron chi connectivity index (χ3n) is 3.87. The summed E-state index contributed by atoms with van der Waals surface area (Å²) in [6.45, 7) is 10.2. The van der Waals surface area contributed by atoms with Gasteiger partial charge in [-0.2, -0.15) is 5.10 Å². The quantitative estimate of drug-likeness (QED) is 0.744. The first kappa shape index (κ1) is 14.9. The summed E-state index contributed by atoms with van der Waals surface area (Å²) in [4.78, 5) is 14.8. The van der Waals surface area contributed by atoms with Gasteiger partial charge in [-0.05, 0) is 32.0 Å². The van der Waals surface area contributed by atoms with Gasteiger partial charge < -0.3 is 0 Å². The van der Waals surface area contributed by atoms with E-state index >= 15 is 0 Å². The zero-order chi connectivity index (χ0) is 13.8. The van der Waals surface area contributed by atoms with Crippen LogP contribution in [0.3, 0.4) is 0 Å². The molecule has 1 aromatic heterocycles. The zero-order valence-electron chi connectivity index (χ0n) is 12.2. The fourth-order valence-electron chi connectivity index (χ4n) is 2.46. The van der Waals surface area contributed by atoms with Gasteiger partial charge in [0.25, 0.3) is 0 Å². The molecule has 1 atom stereocenters. The molecule has 0 aliphatic heterocycles. The molecule has 0 fully saturated rings. The number of carbonyl (C=O) groups excluding carboxylic acids is 1. The van der Waals surface area contributed by atoms with Gasteiger partial charge in [-0.15, -0.1) is 0 Å². The van der Waals surface area contributed by atoms with Gasteiger partial charge in [-0.3, -0.25) is 14.4 Å². The lowest BCUT2D eigenvalue weighted by molar-refractivity contribution is -0.129. The molecule has 18 heavy (non-hydrogen) atoms. The summed E-state index contributed by atoms with van der Waals surface area (Å²) in [7, 11) is 1.87. The Balaban J connectivity index is 2.84. The summed E-state index contributed by atoms with van der Waals surface area (Å²) in [5, 5.41) is 4.11. The Hall–Kier alpha value is -1.16. The number of nitrogens with zero attached hydrogens (tertiary/aromatic N) is 3. The highest BCUT2D eigenvalue weighted by Gasteiger charge is 2.35. The molecule has 1 heterocycles. The van der Waals surface area contributed by atoms with Gasteiger partial charge in [0.2, 0.25) is 0 Å².